The summed E-state index contributed by atoms with van der Waals surface area (Å²) in [7, 11) is 4.19. The standard InChI is InChI=1S/C28H29N3O3/c1-30(2)15-14-21-18-31(23-9-11-25(12-10-23)34-24-6-4-3-5-7-24)27-13-8-20(17-26(21)27)16-22-19-33-28(32)29-22/h3-13,17-18,22H,14-16,19H2,1-2H3,(H,29,32). The minimum Gasteiger partial charge on any atom is -0.457 e. The van der Waals surface area contributed by atoms with Crippen LogP contribution in [0.3, 0.4) is 0 Å². The Balaban J connectivity index is 1.44. The summed E-state index contributed by atoms with van der Waals surface area (Å²) in [6.45, 7) is 1.39. The van der Waals surface area contributed by atoms with E-state index in [0.717, 1.165) is 36.6 Å². The van der Waals surface area contributed by atoms with E-state index in [1.54, 1.807) is 0 Å². The fourth-order valence-electron chi connectivity index (χ4n) is 4.35. The largest absolute Gasteiger partial charge is 0.457 e. The van der Waals surface area contributed by atoms with Gasteiger partial charge in [0.1, 0.15) is 18.1 Å². The van der Waals surface area contributed by atoms with Crippen LogP contribution in [0.1, 0.15) is 11.1 Å². The summed E-state index contributed by atoms with van der Waals surface area (Å²) in [5.41, 5.74) is 4.76. The third-order valence-corrected chi connectivity index (χ3v) is 6.09. The van der Waals surface area contributed by atoms with Crippen LogP contribution in [0.2, 0.25) is 0 Å². The van der Waals surface area contributed by atoms with Crippen LogP contribution >= 0.6 is 0 Å². The number of hydrogen-bond donors (Lipinski definition) is 1. The van der Waals surface area contributed by atoms with Gasteiger partial charge in [0.15, 0.2) is 0 Å². The van der Waals surface area contributed by atoms with Gasteiger partial charge < -0.3 is 24.3 Å². The van der Waals surface area contributed by atoms with Crippen LogP contribution in [0.5, 0.6) is 11.5 Å². The molecule has 0 saturated carbocycles. The molecule has 1 aliphatic heterocycles. The van der Waals surface area contributed by atoms with E-state index in [1.807, 2.05) is 42.5 Å². The predicted octanol–water partition coefficient (Wildman–Crippen LogP) is 5.18. The number of benzene rings is 3. The third-order valence-electron chi connectivity index (χ3n) is 6.09. The number of carbonyl (C=O) groups is 1. The fraction of sp³-hybridized carbons (Fsp3) is 0.250. The van der Waals surface area contributed by atoms with E-state index in [2.05, 4.69) is 65.4 Å². The van der Waals surface area contributed by atoms with Gasteiger partial charge in [0.25, 0.3) is 0 Å². The Hall–Kier alpha value is -3.77. The summed E-state index contributed by atoms with van der Waals surface area (Å²) in [6.07, 6.45) is 3.62. The lowest BCUT2D eigenvalue weighted by Crippen LogP contribution is -2.28. The van der Waals surface area contributed by atoms with Gasteiger partial charge in [0, 0.05) is 23.8 Å². The molecule has 2 heterocycles. The molecule has 1 atom stereocenters. The lowest BCUT2D eigenvalue weighted by molar-refractivity contribution is 0.177. The molecule has 1 aromatic heterocycles. The Kier molecular flexibility index (Phi) is 6.23. The van der Waals surface area contributed by atoms with Gasteiger partial charge in [-0.05, 0) is 86.6 Å². The zero-order valence-electron chi connectivity index (χ0n) is 19.5. The van der Waals surface area contributed by atoms with E-state index in [1.165, 1.54) is 22.0 Å². The molecule has 1 fully saturated rings. The molecular weight excluding hydrogens is 426 g/mol. The summed E-state index contributed by atoms with van der Waals surface area (Å²) >= 11 is 0. The molecule has 3 aromatic carbocycles. The minimum absolute atomic E-state index is 0.0226. The number of aromatic nitrogens is 1. The first-order chi connectivity index (χ1) is 16.5. The first kappa shape index (κ1) is 22.0. The van der Waals surface area contributed by atoms with Crippen LogP contribution < -0.4 is 10.1 Å². The average molecular weight is 456 g/mol. The monoisotopic (exact) mass is 455 g/mol. The van der Waals surface area contributed by atoms with Crippen LogP contribution in [0.4, 0.5) is 4.79 Å². The zero-order valence-corrected chi connectivity index (χ0v) is 19.5. The van der Waals surface area contributed by atoms with Crippen LogP contribution in [0.15, 0.2) is 79.0 Å². The number of cyclic esters (lactones) is 1. The summed E-state index contributed by atoms with van der Waals surface area (Å²) in [5.74, 6) is 1.63. The maximum Gasteiger partial charge on any atom is 0.407 e. The van der Waals surface area contributed by atoms with Crippen LogP contribution in [-0.4, -0.2) is 48.8 Å². The molecule has 6 heteroatoms. The molecule has 6 nitrogen and oxygen atoms in total. The van der Waals surface area contributed by atoms with Crippen molar-refractivity contribution in [3.63, 3.8) is 0 Å². The first-order valence-corrected chi connectivity index (χ1v) is 11.6. The Morgan fingerprint density at radius 2 is 1.79 bits per heavy atom. The Morgan fingerprint density at radius 3 is 2.50 bits per heavy atom. The lowest BCUT2D eigenvalue weighted by Gasteiger charge is -2.10. The summed E-state index contributed by atoms with van der Waals surface area (Å²) in [4.78, 5) is 13.6. The predicted molar refractivity (Wildman–Crippen MR) is 134 cm³/mol. The maximum absolute atomic E-state index is 11.4. The second-order valence-electron chi connectivity index (χ2n) is 8.98. The molecule has 174 valence electrons. The van der Waals surface area contributed by atoms with Crippen molar-refractivity contribution in [2.75, 3.05) is 27.2 Å². The van der Waals surface area contributed by atoms with Gasteiger partial charge in [-0.15, -0.1) is 0 Å². The number of amides is 1. The van der Waals surface area contributed by atoms with Gasteiger partial charge in [-0.2, -0.15) is 0 Å². The van der Waals surface area contributed by atoms with Crippen LogP contribution in [0, 0.1) is 0 Å². The molecule has 1 amide bonds. The van der Waals surface area contributed by atoms with Gasteiger partial charge in [0.05, 0.1) is 11.6 Å². The van der Waals surface area contributed by atoms with E-state index < -0.39 is 0 Å². The average Bonchev–Trinajstić information content (AvgIpc) is 3.41. The Bertz CT molecular complexity index is 1280. The number of nitrogens with zero attached hydrogens (tertiary/aromatic N) is 2. The van der Waals surface area contributed by atoms with E-state index >= 15 is 0 Å². The van der Waals surface area contributed by atoms with Crippen molar-refractivity contribution < 1.29 is 14.3 Å². The second-order valence-corrected chi connectivity index (χ2v) is 8.98. The summed E-state index contributed by atoms with van der Waals surface area (Å²) < 4.78 is 13.3. The van der Waals surface area contributed by atoms with Gasteiger partial charge in [-0.3, -0.25) is 0 Å². The smallest absolute Gasteiger partial charge is 0.407 e. The molecule has 1 aliphatic rings. The van der Waals surface area contributed by atoms with Gasteiger partial charge >= 0.3 is 6.09 Å². The topological polar surface area (TPSA) is 55.7 Å². The highest BCUT2D eigenvalue weighted by Gasteiger charge is 2.22. The number of rotatable bonds is 8. The number of carbonyl (C=O) groups excluding carboxylic acids is 1. The van der Waals surface area contributed by atoms with Gasteiger partial charge in [-0.25, -0.2) is 4.79 Å². The number of alkyl carbamates (subject to hydrolysis) is 1. The highest BCUT2D eigenvalue weighted by molar-refractivity contribution is 5.86. The van der Waals surface area contributed by atoms with Crippen molar-refractivity contribution in [1.82, 2.24) is 14.8 Å². The molecule has 0 radical (unpaired) electrons. The van der Waals surface area contributed by atoms with E-state index in [0.29, 0.717) is 6.61 Å². The number of ether oxygens (including phenoxy) is 2. The molecule has 5 rings (SSSR count). The molecule has 0 spiro atoms. The number of fused-ring (bicyclic) bond motifs is 1. The van der Waals surface area contributed by atoms with Crippen molar-refractivity contribution in [2.45, 2.75) is 18.9 Å². The molecule has 0 aliphatic carbocycles. The van der Waals surface area contributed by atoms with Crippen molar-refractivity contribution in [3.8, 4) is 17.2 Å². The molecule has 34 heavy (non-hydrogen) atoms. The molecular formula is C28H29N3O3. The van der Waals surface area contributed by atoms with Crippen LogP contribution in [0.25, 0.3) is 16.6 Å². The highest BCUT2D eigenvalue weighted by atomic mass is 16.6. The number of hydrogen-bond acceptors (Lipinski definition) is 4. The van der Waals surface area contributed by atoms with E-state index in [-0.39, 0.29) is 12.1 Å². The van der Waals surface area contributed by atoms with E-state index in [4.69, 9.17) is 9.47 Å². The minimum atomic E-state index is -0.330. The lowest BCUT2D eigenvalue weighted by atomic mass is 10.0. The number of likely N-dealkylation sites (N-methyl/N-ethyl adjacent to an activating group) is 1. The van der Waals surface area contributed by atoms with Crippen molar-refractivity contribution in [1.29, 1.82) is 0 Å². The zero-order chi connectivity index (χ0) is 23.5. The molecule has 1 N–H and O–H groups in total. The second kappa shape index (κ2) is 9.61. The van der Waals surface area contributed by atoms with Crippen molar-refractivity contribution in [2.24, 2.45) is 0 Å². The fourth-order valence-corrected chi connectivity index (χ4v) is 4.35. The van der Waals surface area contributed by atoms with E-state index in [9.17, 15) is 4.79 Å². The van der Waals surface area contributed by atoms with Crippen molar-refractivity contribution >= 4 is 17.0 Å². The maximum atomic E-state index is 11.4. The molecule has 1 saturated heterocycles. The SMILES string of the molecule is CN(C)CCc1cn(-c2ccc(Oc3ccccc3)cc2)c2ccc(CC3COC(=O)N3)cc12. The Morgan fingerprint density at radius 1 is 1.03 bits per heavy atom. The van der Waals surface area contributed by atoms with Crippen LogP contribution in [-0.2, 0) is 17.6 Å². The first-order valence-electron chi connectivity index (χ1n) is 11.6. The number of para-hydroxylation sites is 1. The third kappa shape index (κ3) is 4.92. The van der Waals surface area contributed by atoms with Gasteiger partial charge in [-0.1, -0.05) is 24.3 Å². The molecule has 4 aromatic rings. The summed E-state index contributed by atoms with van der Waals surface area (Å²) in [5, 5.41) is 4.12. The Labute approximate surface area is 199 Å². The van der Waals surface area contributed by atoms with Crippen molar-refractivity contribution in [3.05, 3.63) is 90.1 Å². The molecule has 1 unspecified atom stereocenters. The normalized spacial score (nSPS) is 15.5. The highest BCUT2D eigenvalue weighted by Crippen LogP contribution is 2.29. The summed E-state index contributed by atoms with van der Waals surface area (Å²) in [6, 6.07) is 24.6. The number of nitrogens with one attached hydrogen (secondary N) is 1. The van der Waals surface area contributed by atoms with Gasteiger partial charge in [0.2, 0.25) is 0 Å². The quantitative estimate of drug-likeness (QED) is 0.398. The molecule has 0 bridgehead atoms.